The molecule has 1 heterocycles. The van der Waals surface area contributed by atoms with Crippen molar-refractivity contribution in [1.29, 1.82) is 0 Å². The Bertz CT molecular complexity index is 1150. The van der Waals surface area contributed by atoms with E-state index in [2.05, 4.69) is 24.4 Å². The molecule has 0 saturated heterocycles. The normalized spacial score (nSPS) is 10.7. The van der Waals surface area contributed by atoms with Crippen molar-refractivity contribution in [3.8, 4) is 17.0 Å². The number of anilines is 1. The van der Waals surface area contributed by atoms with Gasteiger partial charge >= 0.3 is 0 Å². The van der Waals surface area contributed by atoms with Crippen LogP contribution < -0.4 is 10.1 Å². The second kappa shape index (κ2) is 8.15. The number of para-hydroxylation sites is 1. The van der Waals surface area contributed by atoms with E-state index in [0.29, 0.717) is 5.75 Å². The zero-order chi connectivity index (χ0) is 20.2. The summed E-state index contributed by atoms with van der Waals surface area (Å²) in [7, 11) is 0. The Morgan fingerprint density at radius 3 is 2.28 bits per heavy atom. The number of hydrogen-bond donors (Lipinski definition) is 1. The van der Waals surface area contributed by atoms with Crippen LogP contribution >= 0.6 is 0 Å². The highest BCUT2D eigenvalue weighted by Crippen LogP contribution is 2.30. The fraction of sp³-hybridized carbons (Fsp3) is 0.120. The number of rotatable bonds is 5. The molecule has 4 rings (SSSR count). The average Bonchev–Trinajstić information content (AvgIpc) is 2.74. The van der Waals surface area contributed by atoms with Gasteiger partial charge in [0.25, 0.3) is 5.91 Å². The van der Waals surface area contributed by atoms with E-state index in [1.807, 2.05) is 73.7 Å². The third-order valence-corrected chi connectivity index (χ3v) is 4.72. The van der Waals surface area contributed by atoms with Gasteiger partial charge in [-0.05, 0) is 38.1 Å². The monoisotopic (exact) mass is 382 g/mol. The minimum Gasteiger partial charge on any atom is -0.483 e. The highest BCUT2D eigenvalue weighted by Gasteiger charge is 2.11. The molecule has 4 heteroatoms. The molecule has 29 heavy (non-hydrogen) atoms. The van der Waals surface area contributed by atoms with Crippen molar-refractivity contribution in [2.45, 2.75) is 13.8 Å². The van der Waals surface area contributed by atoms with Crippen molar-refractivity contribution in [2.75, 3.05) is 11.9 Å². The molecule has 0 atom stereocenters. The van der Waals surface area contributed by atoms with Gasteiger partial charge in [0.15, 0.2) is 6.61 Å². The van der Waals surface area contributed by atoms with Crippen LogP contribution in [0.3, 0.4) is 0 Å². The molecule has 0 unspecified atom stereocenters. The van der Waals surface area contributed by atoms with Crippen LogP contribution in [0.2, 0.25) is 0 Å². The number of carbonyl (C=O) groups excluding carboxylic acids is 1. The number of nitrogens with zero attached hydrogens (tertiary/aromatic N) is 1. The highest BCUT2D eigenvalue weighted by molar-refractivity contribution is 5.93. The van der Waals surface area contributed by atoms with Gasteiger partial charge in [0.2, 0.25) is 0 Å². The number of nitrogens with one attached hydrogen (secondary N) is 1. The molecule has 0 radical (unpaired) electrons. The zero-order valence-corrected chi connectivity index (χ0v) is 16.5. The molecule has 1 N–H and O–H groups in total. The molecule has 1 aromatic heterocycles. The fourth-order valence-electron chi connectivity index (χ4n) is 3.11. The number of hydrogen-bond acceptors (Lipinski definition) is 3. The third kappa shape index (κ3) is 4.43. The lowest BCUT2D eigenvalue weighted by Crippen LogP contribution is -2.20. The molecule has 0 aliphatic heterocycles. The summed E-state index contributed by atoms with van der Waals surface area (Å²) in [5.41, 5.74) is 5.75. The quantitative estimate of drug-likeness (QED) is 0.493. The van der Waals surface area contributed by atoms with E-state index in [1.54, 1.807) is 0 Å². The minimum absolute atomic E-state index is 0.0742. The molecule has 0 bridgehead atoms. The van der Waals surface area contributed by atoms with Crippen LogP contribution in [-0.2, 0) is 4.79 Å². The van der Waals surface area contributed by atoms with E-state index in [9.17, 15) is 4.79 Å². The fourth-order valence-corrected chi connectivity index (χ4v) is 3.11. The molecule has 0 aliphatic rings. The maximum absolute atomic E-state index is 12.3. The molecule has 0 aliphatic carbocycles. The van der Waals surface area contributed by atoms with Crippen LogP contribution in [0, 0.1) is 13.8 Å². The summed E-state index contributed by atoms with van der Waals surface area (Å²) in [4.78, 5) is 17.1. The number of aromatic nitrogens is 1. The molecule has 0 saturated carbocycles. The minimum atomic E-state index is -0.202. The van der Waals surface area contributed by atoms with Crippen LogP contribution in [0.1, 0.15) is 11.1 Å². The van der Waals surface area contributed by atoms with Crippen LogP contribution in [0.25, 0.3) is 22.2 Å². The standard InChI is InChI=1S/C25H22N2O2/c1-17-7-11-19(12-8-17)23-15-24(21-5-3-4-6-22(21)27-23)29-16-25(28)26-20-13-9-18(2)10-14-20/h3-15H,16H2,1-2H3,(H,26,28). The van der Waals surface area contributed by atoms with Gasteiger partial charge in [0.1, 0.15) is 5.75 Å². The maximum atomic E-state index is 12.3. The number of pyridine rings is 1. The van der Waals surface area contributed by atoms with Crippen LogP contribution in [0.5, 0.6) is 5.75 Å². The van der Waals surface area contributed by atoms with Gasteiger partial charge in [0, 0.05) is 22.7 Å². The van der Waals surface area contributed by atoms with Gasteiger partial charge in [-0.3, -0.25) is 4.79 Å². The average molecular weight is 382 g/mol. The number of benzene rings is 3. The Balaban J connectivity index is 1.57. The number of carbonyl (C=O) groups is 1. The largest absolute Gasteiger partial charge is 0.483 e. The molecule has 0 fully saturated rings. The smallest absolute Gasteiger partial charge is 0.262 e. The first-order valence-electron chi connectivity index (χ1n) is 9.55. The molecule has 3 aromatic carbocycles. The predicted octanol–water partition coefficient (Wildman–Crippen LogP) is 5.54. The van der Waals surface area contributed by atoms with Crippen molar-refractivity contribution in [1.82, 2.24) is 4.98 Å². The summed E-state index contributed by atoms with van der Waals surface area (Å²) in [5, 5.41) is 3.74. The van der Waals surface area contributed by atoms with Crippen molar-refractivity contribution in [3.63, 3.8) is 0 Å². The van der Waals surface area contributed by atoms with Crippen molar-refractivity contribution < 1.29 is 9.53 Å². The zero-order valence-electron chi connectivity index (χ0n) is 16.5. The molecular formula is C25H22N2O2. The molecule has 0 spiro atoms. The maximum Gasteiger partial charge on any atom is 0.262 e. The van der Waals surface area contributed by atoms with E-state index in [4.69, 9.17) is 9.72 Å². The van der Waals surface area contributed by atoms with E-state index in [0.717, 1.165) is 33.4 Å². The first-order valence-corrected chi connectivity index (χ1v) is 9.55. The molecule has 4 nitrogen and oxygen atoms in total. The summed E-state index contributed by atoms with van der Waals surface area (Å²) in [6, 6.07) is 25.6. The summed E-state index contributed by atoms with van der Waals surface area (Å²) in [5.74, 6) is 0.442. The third-order valence-electron chi connectivity index (χ3n) is 4.72. The van der Waals surface area contributed by atoms with Crippen molar-refractivity contribution >= 4 is 22.5 Å². The molecule has 144 valence electrons. The van der Waals surface area contributed by atoms with Gasteiger partial charge in [0.05, 0.1) is 11.2 Å². The van der Waals surface area contributed by atoms with Crippen molar-refractivity contribution in [2.24, 2.45) is 0 Å². The second-order valence-electron chi connectivity index (χ2n) is 7.09. The summed E-state index contributed by atoms with van der Waals surface area (Å²) >= 11 is 0. The van der Waals surface area contributed by atoms with Crippen LogP contribution in [0.15, 0.2) is 78.9 Å². The van der Waals surface area contributed by atoms with Gasteiger partial charge < -0.3 is 10.1 Å². The van der Waals surface area contributed by atoms with Crippen molar-refractivity contribution in [3.05, 3.63) is 90.0 Å². The van der Waals surface area contributed by atoms with E-state index >= 15 is 0 Å². The molecule has 1 amide bonds. The highest BCUT2D eigenvalue weighted by atomic mass is 16.5. The van der Waals surface area contributed by atoms with Gasteiger partial charge in [-0.25, -0.2) is 4.98 Å². The second-order valence-corrected chi connectivity index (χ2v) is 7.09. The SMILES string of the molecule is Cc1ccc(NC(=O)COc2cc(-c3ccc(C)cc3)nc3ccccc23)cc1. The van der Waals surface area contributed by atoms with E-state index < -0.39 is 0 Å². The van der Waals surface area contributed by atoms with Gasteiger partial charge in [-0.15, -0.1) is 0 Å². The Labute approximate surface area is 170 Å². The summed E-state index contributed by atoms with van der Waals surface area (Å²) < 4.78 is 5.91. The molecular weight excluding hydrogens is 360 g/mol. The summed E-state index contributed by atoms with van der Waals surface area (Å²) in [6.07, 6.45) is 0. The van der Waals surface area contributed by atoms with Gasteiger partial charge in [-0.2, -0.15) is 0 Å². The first-order chi connectivity index (χ1) is 14.1. The van der Waals surface area contributed by atoms with Crippen LogP contribution in [-0.4, -0.2) is 17.5 Å². The lowest BCUT2D eigenvalue weighted by atomic mass is 10.1. The molecule has 4 aromatic rings. The Kier molecular flexibility index (Phi) is 5.25. The Morgan fingerprint density at radius 2 is 1.55 bits per heavy atom. The first kappa shape index (κ1) is 18.7. The number of aryl methyl sites for hydroxylation is 2. The Hall–Kier alpha value is -3.66. The number of fused-ring (bicyclic) bond motifs is 1. The Morgan fingerprint density at radius 1 is 0.897 bits per heavy atom. The number of amides is 1. The van der Waals surface area contributed by atoms with Crippen LogP contribution in [0.4, 0.5) is 5.69 Å². The summed E-state index contributed by atoms with van der Waals surface area (Å²) in [6.45, 7) is 3.99. The lowest BCUT2D eigenvalue weighted by molar-refractivity contribution is -0.118. The predicted molar refractivity (Wildman–Crippen MR) is 117 cm³/mol. The topological polar surface area (TPSA) is 51.2 Å². The van der Waals surface area contributed by atoms with E-state index in [1.165, 1.54) is 5.56 Å². The number of ether oxygens (including phenoxy) is 1. The van der Waals surface area contributed by atoms with Gasteiger partial charge in [-0.1, -0.05) is 59.7 Å². The lowest BCUT2D eigenvalue weighted by Gasteiger charge is -2.12. The van der Waals surface area contributed by atoms with E-state index in [-0.39, 0.29) is 12.5 Å².